The van der Waals surface area contributed by atoms with Crippen molar-refractivity contribution in [2.45, 2.75) is 90.4 Å². The molecule has 2 heterocycles. The first kappa shape index (κ1) is 23.4. The molecular formula is C31H41NO4. The number of hydrogen-bond donors (Lipinski definition) is 0. The van der Waals surface area contributed by atoms with Crippen LogP contribution in [-0.4, -0.2) is 41.8 Å². The Morgan fingerprint density at radius 3 is 2.11 bits per heavy atom. The maximum atomic E-state index is 13.2. The van der Waals surface area contributed by atoms with E-state index in [1.54, 1.807) is 4.90 Å². The van der Waals surface area contributed by atoms with Gasteiger partial charge >= 0.3 is 0 Å². The molecule has 5 heteroatoms. The standard InChI is InChI=1S/C31H41NO4/c1-29-14-12-20(32-27(33)21-6-4-5-7-22(21)28(32)34)18-19(29)8-9-23-24-10-11-26(31(3)35-16-17-36-31)30(24,2)15-13-25(23)29/h4-7,19-20,23-26H,8-18H2,1-3H3/t19-,20-,23-,24-,25-,26-,29-,30-/m0/s1. The maximum absolute atomic E-state index is 13.2. The number of carbonyl (C=O) groups is 2. The highest BCUT2D eigenvalue weighted by Crippen LogP contribution is 2.69. The smallest absolute Gasteiger partial charge is 0.261 e. The highest BCUT2D eigenvalue weighted by Gasteiger charge is 2.64. The van der Waals surface area contributed by atoms with E-state index in [2.05, 4.69) is 20.8 Å². The van der Waals surface area contributed by atoms with E-state index in [9.17, 15) is 9.59 Å². The zero-order valence-corrected chi connectivity index (χ0v) is 22.1. The predicted molar refractivity (Wildman–Crippen MR) is 136 cm³/mol. The highest BCUT2D eigenvalue weighted by molar-refractivity contribution is 6.21. The number of ether oxygens (including phenoxy) is 2. The third-order valence-corrected chi connectivity index (χ3v) is 12.3. The number of hydrogen-bond acceptors (Lipinski definition) is 4. The second kappa shape index (κ2) is 7.89. The molecule has 1 saturated heterocycles. The molecule has 4 saturated carbocycles. The number of benzene rings is 1. The van der Waals surface area contributed by atoms with Crippen molar-refractivity contribution in [1.29, 1.82) is 0 Å². The molecule has 0 N–H and O–H groups in total. The largest absolute Gasteiger partial charge is 0.348 e. The summed E-state index contributed by atoms with van der Waals surface area (Å²) in [5.74, 6) is 2.85. The Morgan fingerprint density at radius 1 is 0.778 bits per heavy atom. The van der Waals surface area contributed by atoms with Crippen molar-refractivity contribution in [3.63, 3.8) is 0 Å². The fourth-order valence-electron chi connectivity index (χ4n) is 10.6. The number of fused-ring (bicyclic) bond motifs is 6. The van der Waals surface area contributed by atoms with Crippen LogP contribution >= 0.6 is 0 Å². The molecule has 0 unspecified atom stereocenters. The van der Waals surface area contributed by atoms with E-state index in [0.717, 1.165) is 50.2 Å². The van der Waals surface area contributed by atoms with Crippen molar-refractivity contribution in [3.05, 3.63) is 35.4 Å². The van der Waals surface area contributed by atoms with Crippen LogP contribution in [0, 0.1) is 40.4 Å². The van der Waals surface area contributed by atoms with Crippen molar-refractivity contribution in [3.8, 4) is 0 Å². The molecule has 0 spiro atoms. The Morgan fingerprint density at radius 2 is 1.42 bits per heavy atom. The summed E-state index contributed by atoms with van der Waals surface area (Å²) in [5, 5.41) is 0. The lowest BCUT2D eigenvalue weighted by Gasteiger charge is -2.62. The highest BCUT2D eigenvalue weighted by atomic mass is 16.7. The zero-order valence-electron chi connectivity index (χ0n) is 22.1. The average Bonchev–Trinajstić information content (AvgIpc) is 3.54. The van der Waals surface area contributed by atoms with E-state index in [0.29, 0.717) is 33.8 Å². The molecule has 7 rings (SSSR count). The SMILES string of the molecule is CC1([C@H]2CC[C@H]3[C@@H]4CC[C@H]5C[C@@H](N6C(=O)c7ccccc7C6=O)CC[C@]5(C)[C@H]4CC[C@]23C)OCCO1. The van der Waals surface area contributed by atoms with E-state index in [4.69, 9.17) is 9.47 Å². The fourth-order valence-corrected chi connectivity index (χ4v) is 10.6. The van der Waals surface area contributed by atoms with Crippen molar-refractivity contribution in [2.24, 2.45) is 40.4 Å². The molecule has 2 aliphatic heterocycles. The first-order chi connectivity index (χ1) is 17.3. The maximum Gasteiger partial charge on any atom is 0.261 e. The van der Waals surface area contributed by atoms with Gasteiger partial charge in [0.2, 0.25) is 0 Å². The van der Waals surface area contributed by atoms with Gasteiger partial charge in [-0.05, 0) is 111 Å². The van der Waals surface area contributed by atoms with Crippen LogP contribution in [0.15, 0.2) is 24.3 Å². The molecule has 1 aromatic carbocycles. The Kier molecular flexibility index (Phi) is 5.13. The zero-order chi connectivity index (χ0) is 24.9. The van der Waals surface area contributed by atoms with Crippen LogP contribution in [0.25, 0.3) is 0 Å². The van der Waals surface area contributed by atoms with Gasteiger partial charge in [0.05, 0.1) is 24.3 Å². The Labute approximate surface area is 215 Å². The van der Waals surface area contributed by atoms with Crippen LogP contribution in [0.5, 0.6) is 0 Å². The summed E-state index contributed by atoms with van der Waals surface area (Å²) in [6.45, 7) is 8.77. The van der Waals surface area contributed by atoms with Crippen LogP contribution in [0.1, 0.15) is 99.3 Å². The molecule has 2 amide bonds. The Bertz CT molecular complexity index is 1060. The van der Waals surface area contributed by atoms with E-state index in [-0.39, 0.29) is 17.9 Å². The normalized spacial score (nSPS) is 45.2. The minimum absolute atomic E-state index is 0.0494. The minimum Gasteiger partial charge on any atom is -0.348 e. The summed E-state index contributed by atoms with van der Waals surface area (Å²) in [5.41, 5.74) is 1.80. The van der Waals surface area contributed by atoms with Gasteiger partial charge in [-0.2, -0.15) is 0 Å². The molecule has 36 heavy (non-hydrogen) atoms. The fraction of sp³-hybridized carbons (Fsp3) is 0.742. The molecule has 0 aromatic heterocycles. The summed E-state index contributed by atoms with van der Waals surface area (Å²) in [7, 11) is 0. The molecule has 0 bridgehead atoms. The molecule has 4 aliphatic carbocycles. The van der Waals surface area contributed by atoms with Crippen LogP contribution in [0.3, 0.4) is 0 Å². The van der Waals surface area contributed by atoms with E-state index in [1.807, 2.05) is 24.3 Å². The molecule has 8 atom stereocenters. The first-order valence-corrected chi connectivity index (χ1v) is 14.5. The lowest BCUT2D eigenvalue weighted by atomic mass is 9.44. The Hall–Kier alpha value is -1.72. The molecule has 194 valence electrons. The van der Waals surface area contributed by atoms with E-state index >= 15 is 0 Å². The summed E-state index contributed by atoms with van der Waals surface area (Å²) in [6, 6.07) is 7.39. The van der Waals surface area contributed by atoms with Crippen LogP contribution in [-0.2, 0) is 9.47 Å². The number of imide groups is 1. The lowest BCUT2D eigenvalue weighted by Crippen LogP contribution is -2.57. The third kappa shape index (κ3) is 3.02. The second-order valence-corrected chi connectivity index (χ2v) is 13.5. The van der Waals surface area contributed by atoms with Crippen molar-refractivity contribution in [2.75, 3.05) is 13.2 Å². The van der Waals surface area contributed by atoms with Gasteiger partial charge in [0.25, 0.3) is 11.8 Å². The van der Waals surface area contributed by atoms with Gasteiger partial charge in [-0.3, -0.25) is 14.5 Å². The van der Waals surface area contributed by atoms with Gasteiger partial charge in [0, 0.05) is 12.0 Å². The van der Waals surface area contributed by atoms with Gasteiger partial charge < -0.3 is 9.47 Å². The summed E-state index contributed by atoms with van der Waals surface area (Å²) >= 11 is 0. The molecular weight excluding hydrogens is 450 g/mol. The number of amides is 2. The topological polar surface area (TPSA) is 55.8 Å². The number of rotatable bonds is 2. The molecule has 5 fully saturated rings. The molecule has 1 aromatic rings. The van der Waals surface area contributed by atoms with Gasteiger partial charge in [-0.15, -0.1) is 0 Å². The van der Waals surface area contributed by atoms with Crippen LogP contribution < -0.4 is 0 Å². The summed E-state index contributed by atoms with van der Waals surface area (Å²) < 4.78 is 12.4. The van der Waals surface area contributed by atoms with Crippen molar-refractivity contribution < 1.29 is 19.1 Å². The average molecular weight is 492 g/mol. The Balaban J connectivity index is 1.10. The number of carbonyl (C=O) groups excluding carboxylic acids is 2. The third-order valence-electron chi connectivity index (χ3n) is 12.3. The monoisotopic (exact) mass is 491 g/mol. The predicted octanol–water partition coefficient (Wildman–Crippen LogP) is 6.07. The quantitative estimate of drug-likeness (QED) is 0.471. The van der Waals surface area contributed by atoms with Crippen molar-refractivity contribution in [1.82, 2.24) is 4.90 Å². The molecule has 6 aliphatic rings. The summed E-state index contributed by atoms with van der Waals surface area (Å²) in [6.07, 6.45) is 10.7. The van der Waals surface area contributed by atoms with Gasteiger partial charge in [0.1, 0.15) is 0 Å². The minimum atomic E-state index is -0.401. The van der Waals surface area contributed by atoms with Crippen LogP contribution in [0.4, 0.5) is 0 Å². The van der Waals surface area contributed by atoms with Crippen LogP contribution in [0.2, 0.25) is 0 Å². The molecule has 5 nitrogen and oxygen atoms in total. The van der Waals surface area contributed by atoms with E-state index in [1.165, 1.54) is 38.5 Å². The van der Waals surface area contributed by atoms with Gasteiger partial charge in [-0.25, -0.2) is 0 Å². The lowest BCUT2D eigenvalue weighted by molar-refractivity contribution is -0.218. The molecule has 0 radical (unpaired) electrons. The van der Waals surface area contributed by atoms with E-state index < -0.39 is 5.79 Å². The number of nitrogens with zero attached hydrogens (tertiary/aromatic N) is 1. The first-order valence-electron chi connectivity index (χ1n) is 14.5. The van der Waals surface area contributed by atoms with Gasteiger partial charge in [0.15, 0.2) is 5.79 Å². The second-order valence-electron chi connectivity index (χ2n) is 13.5. The summed E-state index contributed by atoms with van der Waals surface area (Å²) in [4.78, 5) is 28.0. The van der Waals surface area contributed by atoms with Gasteiger partial charge in [-0.1, -0.05) is 26.0 Å². The van der Waals surface area contributed by atoms with Crippen molar-refractivity contribution >= 4 is 11.8 Å².